The summed E-state index contributed by atoms with van der Waals surface area (Å²) in [6.07, 6.45) is 1.73. The molecule has 1 aliphatic rings. The number of aryl methyl sites for hydroxylation is 1. The summed E-state index contributed by atoms with van der Waals surface area (Å²) in [6.45, 7) is 1.97. The maximum Gasteiger partial charge on any atom is 0.263 e. The Balaban J connectivity index is 2.10. The molecule has 2 aromatic carbocycles. The first-order valence-electron chi connectivity index (χ1n) is 7.05. The van der Waals surface area contributed by atoms with Gasteiger partial charge in [-0.2, -0.15) is 0 Å². The normalized spacial score (nSPS) is 17.3. The van der Waals surface area contributed by atoms with E-state index < -0.39 is 5.82 Å². The molecule has 5 heteroatoms. The molecule has 2 aromatic rings. The average molecular weight is 383 g/mol. The smallest absolute Gasteiger partial charge is 0.263 e. The Kier molecular flexibility index (Phi) is 4.24. The topological polar surface area (TPSA) is 20.3 Å². The van der Waals surface area contributed by atoms with Gasteiger partial charge in [0.25, 0.3) is 5.91 Å². The number of hydrogen-bond acceptors (Lipinski definition) is 1. The molecule has 0 N–H and O–H groups in total. The van der Waals surface area contributed by atoms with Gasteiger partial charge in [-0.05, 0) is 55.7 Å². The van der Waals surface area contributed by atoms with E-state index in [1.54, 1.807) is 4.90 Å². The number of benzene rings is 2. The van der Waals surface area contributed by atoms with Crippen molar-refractivity contribution in [2.75, 3.05) is 4.90 Å². The Morgan fingerprint density at radius 1 is 1.36 bits per heavy atom. The Hall–Kier alpha value is -1.39. The summed E-state index contributed by atoms with van der Waals surface area (Å²) in [7, 11) is 0. The number of rotatable bonds is 1. The van der Waals surface area contributed by atoms with Crippen molar-refractivity contribution in [1.29, 1.82) is 0 Å². The van der Waals surface area contributed by atoms with Gasteiger partial charge in [0, 0.05) is 16.2 Å². The van der Waals surface area contributed by atoms with E-state index in [-0.39, 0.29) is 22.5 Å². The highest BCUT2D eigenvalue weighted by molar-refractivity contribution is 9.10. The fourth-order valence-electron chi connectivity index (χ4n) is 2.85. The number of nitrogens with zero attached hydrogens (tertiary/aromatic N) is 1. The van der Waals surface area contributed by atoms with Crippen molar-refractivity contribution >= 4 is 39.1 Å². The molecule has 0 bridgehead atoms. The molecule has 22 heavy (non-hydrogen) atoms. The van der Waals surface area contributed by atoms with Crippen molar-refractivity contribution in [3.05, 3.63) is 62.8 Å². The van der Waals surface area contributed by atoms with Crippen molar-refractivity contribution < 1.29 is 9.18 Å². The first-order valence-corrected chi connectivity index (χ1v) is 8.22. The van der Waals surface area contributed by atoms with Gasteiger partial charge >= 0.3 is 0 Å². The number of carbonyl (C=O) groups is 1. The number of amides is 1. The number of hydrogen-bond donors (Lipinski definition) is 0. The van der Waals surface area contributed by atoms with Crippen molar-refractivity contribution in [2.24, 2.45) is 0 Å². The zero-order valence-electron chi connectivity index (χ0n) is 11.9. The number of anilines is 1. The van der Waals surface area contributed by atoms with Crippen LogP contribution >= 0.6 is 27.5 Å². The molecular formula is C17H14BrClFNO. The van der Waals surface area contributed by atoms with Crippen LogP contribution in [-0.4, -0.2) is 11.9 Å². The predicted molar refractivity (Wildman–Crippen MR) is 90.1 cm³/mol. The van der Waals surface area contributed by atoms with Gasteiger partial charge in [-0.1, -0.05) is 33.6 Å². The fourth-order valence-corrected chi connectivity index (χ4v) is 3.50. The second kappa shape index (κ2) is 6.01. The van der Waals surface area contributed by atoms with Crippen LogP contribution in [-0.2, 0) is 6.42 Å². The van der Waals surface area contributed by atoms with Gasteiger partial charge in [0.2, 0.25) is 0 Å². The van der Waals surface area contributed by atoms with E-state index >= 15 is 0 Å². The van der Waals surface area contributed by atoms with Gasteiger partial charge in [0.15, 0.2) is 0 Å². The summed E-state index contributed by atoms with van der Waals surface area (Å²) in [5.41, 5.74) is 1.84. The Morgan fingerprint density at radius 3 is 2.86 bits per heavy atom. The number of carbonyl (C=O) groups excluding carboxylic acids is 1. The first-order chi connectivity index (χ1) is 10.5. The quantitative estimate of drug-likeness (QED) is 0.662. The minimum absolute atomic E-state index is 0.00292. The molecule has 114 valence electrons. The molecule has 1 amide bonds. The minimum atomic E-state index is -0.589. The van der Waals surface area contributed by atoms with Crippen LogP contribution < -0.4 is 4.90 Å². The van der Waals surface area contributed by atoms with E-state index in [9.17, 15) is 9.18 Å². The van der Waals surface area contributed by atoms with E-state index in [1.807, 2.05) is 25.1 Å². The predicted octanol–water partition coefficient (Wildman–Crippen LogP) is 5.22. The van der Waals surface area contributed by atoms with Crippen molar-refractivity contribution in [1.82, 2.24) is 0 Å². The largest absolute Gasteiger partial charge is 0.305 e. The maximum absolute atomic E-state index is 14.1. The molecule has 1 unspecified atom stereocenters. The molecule has 2 nitrogen and oxygen atoms in total. The number of halogens is 3. The van der Waals surface area contributed by atoms with Crippen molar-refractivity contribution in [3.8, 4) is 0 Å². The van der Waals surface area contributed by atoms with E-state index in [0.29, 0.717) is 0 Å². The number of fused-ring (bicyclic) bond motifs is 1. The lowest BCUT2D eigenvalue weighted by molar-refractivity contribution is 0.0971. The molecule has 0 aromatic heterocycles. The fraction of sp³-hybridized carbons (Fsp3) is 0.235. The van der Waals surface area contributed by atoms with Crippen LogP contribution in [0.4, 0.5) is 10.1 Å². The lowest BCUT2D eigenvalue weighted by Gasteiger charge is -2.35. The molecule has 0 fully saturated rings. The molecule has 0 aliphatic carbocycles. The van der Waals surface area contributed by atoms with Crippen LogP contribution in [0.15, 0.2) is 40.9 Å². The lowest BCUT2D eigenvalue weighted by Crippen LogP contribution is -2.42. The van der Waals surface area contributed by atoms with Crippen LogP contribution in [0.3, 0.4) is 0 Å². The summed E-state index contributed by atoms with van der Waals surface area (Å²) < 4.78 is 15.1. The second-order valence-corrected chi connectivity index (χ2v) is 6.76. The monoisotopic (exact) mass is 381 g/mol. The summed E-state index contributed by atoms with van der Waals surface area (Å²) in [6, 6.07) is 10.1. The maximum atomic E-state index is 14.1. The van der Waals surface area contributed by atoms with Gasteiger partial charge in [0.05, 0.1) is 10.6 Å². The molecule has 0 saturated heterocycles. The summed E-state index contributed by atoms with van der Waals surface area (Å²) in [5.74, 6) is -0.979. The minimum Gasteiger partial charge on any atom is -0.305 e. The van der Waals surface area contributed by atoms with Gasteiger partial charge in [-0.15, -0.1) is 0 Å². The average Bonchev–Trinajstić information content (AvgIpc) is 2.47. The van der Waals surface area contributed by atoms with Crippen molar-refractivity contribution in [3.63, 3.8) is 0 Å². The van der Waals surface area contributed by atoms with Gasteiger partial charge in [0.1, 0.15) is 5.82 Å². The molecule has 0 spiro atoms. The highest BCUT2D eigenvalue weighted by atomic mass is 79.9. The van der Waals surface area contributed by atoms with E-state index in [0.717, 1.165) is 28.6 Å². The molecule has 3 rings (SSSR count). The molecule has 0 radical (unpaired) electrons. The standard InChI is InChI=1S/C17H14BrClFNO/c1-10-5-6-11-9-12(18)7-8-15(11)21(10)17(22)16-13(19)3-2-4-14(16)20/h2-4,7-10H,5-6H2,1H3. The van der Waals surface area contributed by atoms with Crippen LogP contribution in [0.5, 0.6) is 0 Å². The van der Waals surface area contributed by atoms with Crippen LogP contribution in [0.1, 0.15) is 29.3 Å². The Labute approximate surface area is 142 Å². The molecular weight excluding hydrogens is 369 g/mol. The van der Waals surface area contributed by atoms with Gasteiger partial charge < -0.3 is 4.90 Å². The molecule has 1 heterocycles. The molecule has 0 saturated carbocycles. The van der Waals surface area contributed by atoms with E-state index in [2.05, 4.69) is 15.9 Å². The SMILES string of the molecule is CC1CCc2cc(Br)ccc2N1C(=O)c1c(F)cccc1Cl. The van der Waals surface area contributed by atoms with Gasteiger partial charge in [-0.3, -0.25) is 4.79 Å². The lowest BCUT2D eigenvalue weighted by atomic mass is 9.95. The van der Waals surface area contributed by atoms with Crippen molar-refractivity contribution in [2.45, 2.75) is 25.8 Å². The Morgan fingerprint density at radius 2 is 2.14 bits per heavy atom. The van der Waals surface area contributed by atoms with Gasteiger partial charge in [-0.25, -0.2) is 4.39 Å². The highest BCUT2D eigenvalue weighted by Gasteiger charge is 2.31. The Bertz CT molecular complexity index is 729. The first kappa shape index (κ1) is 15.5. The molecule has 1 atom stereocenters. The molecule has 1 aliphatic heterocycles. The third-order valence-corrected chi connectivity index (χ3v) is 4.78. The summed E-state index contributed by atoms with van der Waals surface area (Å²) >= 11 is 9.49. The zero-order chi connectivity index (χ0) is 15.9. The zero-order valence-corrected chi connectivity index (χ0v) is 14.3. The van der Waals surface area contributed by atoms with E-state index in [1.165, 1.54) is 18.2 Å². The highest BCUT2D eigenvalue weighted by Crippen LogP contribution is 2.35. The third-order valence-electron chi connectivity index (χ3n) is 3.97. The van der Waals surface area contributed by atoms with Crippen LogP contribution in [0.2, 0.25) is 5.02 Å². The van der Waals surface area contributed by atoms with Crippen LogP contribution in [0, 0.1) is 5.82 Å². The second-order valence-electron chi connectivity index (χ2n) is 5.43. The third kappa shape index (κ3) is 2.66. The van der Waals surface area contributed by atoms with Crippen LogP contribution in [0.25, 0.3) is 0 Å². The summed E-state index contributed by atoms with van der Waals surface area (Å²) in [5, 5.41) is 0.140. The summed E-state index contributed by atoms with van der Waals surface area (Å²) in [4.78, 5) is 14.5. The van der Waals surface area contributed by atoms with E-state index in [4.69, 9.17) is 11.6 Å².